The fraction of sp³-hybridized carbons (Fsp3) is 0.136. The molecule has 2 atom stereocenters. The fourth-order valence-electron chi connectivity index (χ4n) is 3.85. The van der Waals surface area contributed by atoms with Gasteiger partial charge in [0.1, 0.15) is 6.17 Å². The van der Waals surface area contributed by atoms with Crippen molar-refractivity contribution in [1.29, 1.82) is 0 Å². The van der Waals surface area contributed by atoms with Crippen molar-refractivity contribution >= 4 is 38.9 Å². The van der Waals surface area contributed by atoms with E-state index in [1.165, 1.54) is 16.8 Å². The van der Waals surface area contributed by atoms with Crippen LogP contribution in [0.1, 0.15) is 35.3 Å². The molecule has 2 aliphatic heterocycles. The molecule has 2 aliphatic rings. The van der Waals surface area contributed by atoms with E-state index in [9.17, 15) is 0 Å². The van der Waals surface area contributed by atoms with Gasteiger partial charge in [0.2, 0.25) is 0 Å². The average molecular weight is 439 g/mol. The standard InChI is InChI=1S/C22H17BrClN3/c23-16-9-5-15(6-10-16)22-25-19-4-2-1-3-18(19)21-13-20(26-27(21)22)14-7-11-17(24)12-8-14/h1-12,21-22,25H,13H2/t21-,22-/m1/s1. The van der Waals surface area contributed by atoms with Crippen molar-refractivity contribution < 1.29 is 0 Å². The Kier molecular flexibility index (Phi) is 4.18. The van der Waals surface area contributed by atoms with Crippen LogP contribution in [0.5, 0.6) is 0 Å². The summed E-state index contributed by atoms with van der Waals surface area (Å²) in [5.41, 5.74) is 5.88. The van der Waals surface area contributed by atoms with Crippen LogP contribution in [0.3, 0.4) is 0 Å². The molecule has 3 aromatic rings. The smallest absolute Gasteiger partial charge is 0.142 e. The third-order valence-electron chi connectivity index (χ3n) is 5.18. The van der Waals surface area contributed by atoms with Gasteiger partial charge in [-0.3, -0.25) is 5.01 Å². The minimum Gasteiger partial charge on any atom is -0.360 e. The second-order valence-corrected chi connectivity index (χ2v) is 8.19. The number of rotatable bonds is 2. The van der Waals surface area contributed by atoms with Crippen molar-refractivity contribution in [1.82, 2.24) is 5.01 Å². The number of anilines is 1. The predicted octanol–water partition coefficient (Wildman–Crippen LogP) is 6.38. The van der Waals surface area contributed by atoms with Crippen LogP contribution >= 0.6 is 27.5 Å². The monoisotopic (exact) mass is 437 g/mol. The highest BCUT2D eigenvalue weighted by molar-refractivity contribution is 9.10. The summed E-state index contributed by atoms with van der Waals surface area (Å²) in [6.07, 6.45) is 0.885. The van der Waals surface area contributed by atoms with E-state index in [1.807, 2.05) is 24.3 Å². The highest BCUT2D eigenvalue weighted by Gasteiger charge is 2.39. The Hall–Kier alpha value is -2.30. The minimum absolute atomic E-state index is 0.00259. The maximum absolute atomic E-state index is 6.06. The van der Waals surface area contributed by atoms with E-state index in [2.05, 4.69) is 74.8 Å². The summed E-state index contributed by atoms with van der Waals surface area (Å²) in [6, 6.07) is 25.1. The number of hydrogen-bond donors (Lipinski definition) is 1. The molecule has 134 valence electrons. The first-order valence-electron chi connectivity index (χ1n) is 8.92. The summed E-state index contributed by atoms with van der Waals surface area (Å²) in [6.45, 7) is 0. The van der Waals surface area contributed by atoms with Gasteiger partial charge in [-0.1, -0.05) is 70.0 Å². The molecule has 0 amide bonds. The number of para-hydroxylation sites is 1. The molecule has 3 nitrogen and oxygen atoms in total. The van der Waals surface area contributed by atoms with Crippen molar-refractivity contribution in [2.24, 2.45) is 5.10 Å². The zero-order valence-electron chi connectivity index (χ0n) is 14.4. The lowest BCUT2D eigenvalue weighted by Gasteiger charge is -2.39. The van der Waals surface area contributed by atoms with E-state index in [1.54, 1.807) is 0 Å². The van der Waals surface area contributed by atoms with E-state index in [0.717, 1.165) is 27.2 Å². The average Bonchev–Trinajstić information content (AvgIpc) is 3.14. The SMILES string of the molecule is Clc1ccc(C2=NN3[C@H](C2)c2ccccc2N[C@H]3c2ccc(Br)cc2)cc1. The summed E-state index contributed by atoms with van der Waals surface area (Å²) >= 11 is 9.58. The number of nitrogens with one attached hydrogen (secondary N) is 1. The molecular weight excluding hydrogens is 422 g/mol. The second kappa shape index (κ2) is 6.70. The van der Waals surface area contributed by atoms with E-state index >= 15 is 0 Å². The lowest BCUT2D eigenvalue weighted by Crippen LogP contribution is -2.35. The normalized spacial score (nSPS) is 20.5. The number of fused-ring (bicyclic) bond motifs is 3. The summed E-state index contributed by atoms with van der Waals surface area (Å²) in [5, 5.41) is 11.6. The van der Waals surface area contributed by atoms with E-state index in [0.29, 0.717) is 0 Å². The van der Waals surface area contributed by atoms with E-state index in [-0.39, 0.29) is 12.2 Å². The van der Waals surface area contributed by atoms with Crippen LogP contribution in [0.2, 0.25) is 5.02 Å². The maximum atomic E-state index is 6.06. The van der Waals surface area contributed by atoms with Gasteiger partial charge in [-0.05, 0) is 47.0 Å². The number of halogens is 2. The van der Waals surface area contributed by atoms with Gasteiger partial charge in [-0.15, -0.1) is 0 Å². The lowest BCUT2D eigenvalue weighted by atomic mass is 9.94. The minimum atomic E-state index is 0.00259. The van der Waals surface area contributed by atoms with Gasteiger partial charge in [0.25, 0.3) is 0 Å². The van der Waals surface area contributed by atoms with Gasteiger partial charge in [0, 0.05) is 21.6 Å². The lowest BCUT2D eigenvalue weighted by molar-refractivity contribution is 0.169. The second-order valence-electron chi connectivity index (χ2n) is 6.84. The van der Waals surface area contributed by atoms with Gasteiger partial charge >= 0.3 is 0 Å². The van der Waals surface area contributed by atoms with Crippen LogP contribution in [0.4, 0.5) is 5.69 Å². The van der Waals surface area contributed by atoms with Crippen LogP contribution < -0.4 is 5.32 Å². The Labute approximate surface area is 171 Å². The maximum Gasteiger partial charge on any atom is 0.142 e. The molecule has 0 radical (unpaired) electrons. The molecule has 27 heavy (non-hydrogen) atoms. The Balaban J connectivity index is 1.58. The van der Waals surface area contributed by atoms with Crippen molar-refractivity contribution in [3.63, 3.8) is 0 Å². The molecule has 0 saturated heterocycles. The van der Waals surface area contributed by atoms with Crippen molar-refractivity contribution in [2.75, 3.05) is 5.32 Å². The van der Waals surface area contributed by atoms with Gasteiger partial charge in [0.05, 0.1) is 11.8 Å². The summed E-state index contributed by atoms with van der Waals surface area (Å²) in [4.78, 5) is 0. The van der Waals surface area contributed by atoms with Crippen LogP contribution in [-0.4, -0.2) is 10.7 Å². The molecule has 0 fully saturated rings. The third-order valence-corrected chi connectivity index (χ3v) is 5.96. The summed E-state index contributed by atoms with van der Waals surface area (Å²) in [7, 11) is 0. The van der Waals surface area contributed by atoms with Crippen molar-refractivity contribution in [3.05, 3.63) is 99.0 Å². The van der Waals surface area contributed by atoms with E-state index < -0.39 is 0 Å². The van der Waals surface area contributed by atoms with Crippen LogP contribution in [-0.2, 0) is 0 Å². The van der Waals surface area contributed by atoms with Crippen molar-refractivity contribution in [2.45, 2.75) is 18.6 Å². The van der Waals surface area contributed by atoms with E-state index in [4.69, 9.17) is 16.7 Å². The molecule has 0 unspecified atom stereocenters. The summed E-state index contributed by atoms with van der Waals surface area (Å²) < 4.78 is 1.07. The quantitative estimate of drug-likeness (QED) is 0.503. The first-order chi connectivity index (χ1) is 13.2. The molecule has 5 rings (SSSR count). The molecule has 5 heteroatoms. The van der Waals surface area contributed by atoms with Gasteiger partial charge in [0.15, 0.2) is 0 Å². The topological polar surface area (TPSA) is 27.6 Å². The highest BCUT2D eigenvalue weighted by atomic mass is 79.9. The molecule has 0 saturated carbocycles. The number of hydrazone groups is 1. The number of hydrogen-bond acceptors (Lipinski definition) is 3. The molecule has 0 aromatic heterocycles. The third kappa shape index (κ3) is 3.03. The number of benzene rings is 3. The highest BCUT2D eigenvalue weighted by Crippen LogP contribution is 2.46. The number of nitrogens with zero attached hydrogens (tertiary/aromatic N) is 2. The first kappa shape index (κ1) is 16.8. The van der Waals surface area contributed by atoms with Crippen molar-refractivity contribution in [3.8, 4) is 0 Å². The molecule has 0 bridgehead atoms. The van der Waals surface area contributed by atoms with Gasteiger partial charge in [-0.25, -0.2) is 0 Å². The zero-order valence-corrected chi connectivity index (χ0v) is 16.8. The Morgan fingerprint density at radius 1 is 0.963 bits per heavy atom. The van der Waals surface area contributed by atoms with Crippen LogP contribution in [0, 0.1) is 0 Å². The van der Waals surface area contributed by atoms with Crippen LogP contribution in [0.15, 0.2) is 82.4 Å². The Bertz CT molecular complexity index is 1010. The summed E-state index contributed by atoms with van der Waals surface area (Å²) in [5.74, 6) is 0. The Morgan fingerprint density at radius 3 is 2.48 bits per heavy atom. The van der Waals surface area contributed by atoms with Gasteiger partial charge < -0.3 is 5.32 Å². The molecular formula is C22H17BrClN3. The Morgan fingerprint density at radius 2 is 1.70 bits per heavy atom. The van der Waals surface area contributed by atoms with Gasteiger partial charge in [-0.2, -0.15) is 5.10 Å². The molecule has 3 aromatic carbocycles. The zero-order chi connectivity index (χ0) is 18.4. The molecule has 0 spiro atoms. The predicted molar refractivity (Wildman–Crippen MR) is 114 cm³/mol. The molecule has 2 heterocycles. The molecule has 1 N–H and O–H groups in total. The fourth-order valence-corrected chi connectivity index (χ4v) is 4.24. The largest absolute Gasteiger partial charge is 0.360 e. The van der Waals surface area contributed by atoms with Crippen LogP contribution in [0.25, 0.3) is 0 Å². The molecule has 0 aliphatic carbocycles. The first-order valence-corrected chi connectivity index (χ1v) is 10.1.